The molecule has 0 spiro atoms. The molecule has 0 aliphatic heterocycles. The molecule has 3 rings (SSSR count). The van der Waals surface area contributed by atoms with Crippen LogP contribution in [0, 0.1) is 6.92 Å². The first kappa shape index (κ1) is 15.0. The predicted molar refractivity (Wildman–Crippen MR) is 94.2 cm³/mol. The maximum atomic E-state index is 12.4. The van der Waals surface area contributed by atoms with Gasteiger partial charge in [-0.3, -0.25) is 4.79 Å². The molecule has 1 heterocycles. The first-order valence-corrected chi connectivity index (χ1v) is 8.42. The van der Waals surface area contributed by atoms with Crippen LogP contribution in [0.1, 0.15) is 16.1 Å². The Kier molecular flexibility index (Phi) is 4.14. The van der Waals surface area contributed by atoms with Crippen LogP contribution >= 0.6 is 23.4 Å². The van der Waals surface area contributed by atoms with Crippen LogP contribution in [-0.2, 0) is 0 Å². The smallest absolute Gasteiger partial charge is 0.273 e. The van der Waals surface area contributed by atoms with E-state index in [1.54, 1.807) is 11.8 Å². The van der Waals surface area contributed by atoms with Gasteiger partial charge in [-0.1, -0.05) is 23.2 Å². The summed E-state index contributed by atoms with van der Waals surface area (Å²) in [6.45, 7) is 2.00. The Bertz CT molecular complexity index is 840. The van der Waals surface area contributed by atoms with E-state index in [0.717, 1.165) is 27.0 Å². The van der Waals surface area contributed by atoms with E-state index in [0.29, 0.717) is 10.7 Å². The molecule has 2 aromatic carbocycles. The van der Waals surface area contributed by atoms with Crippen LogP contribution in [0.25, 0.3) is 10.9 Å². The fraction of sp³-hybridized carbons (Fsp3) is 0.118. The number of fused-ring (bicyclic) bond motifs is 1. The highest BCUT2D eigenvalue weighted by Gasteiger charge is 2.16. The lowest BCUT2D eigenvalue weighted by atomic mass is 10.2. The molecule has 5 heteroatoms. The quantitative estimate of drug-likeness (QED) is 0.656. The number of halogens is 1. The van der Waals surface area contributed by atoms with Crippen molar-refractivity contribution in [1.82, 2.24) is 4.98 Å². The highest BCUT2D eigenvalue weighted by atomic mass is 35.5. The Balaban J connectivity index is 1.89. The number of carbonyl (C=O) groups excluding carboxylic acids is 1. The molecule has 1 aromatic heterocycles. The van der Waals surface area contributed by atoms with Crippen LogP contribution in [0.3, 0.4) is 0 Å². The zero-order valence-electron chi connectivity index (χ0n) is 12.2. The van der Waals surface area contributed by atoms with Gasteiger partial charge in [-0.15, -0.1) is 11.8 Å². The van der Waals surface area contributed by atoms with Crippen molar-refractivity contribution in [3.05, 3.63) is 58.7 Å². The van der Waals surface area contributed by atoms with Crippen molar-refractivity contribution in [2.45, 2.75) is 11.8 Å². The monoisotopic (exact) mass is 330 g/mol. The van der Waals surface area contributed by atoms with Crippen LogP contribution in [0.5, 0.6) is 0 Å². The maximum Gasteiger partial charge on any atom is 0.273 e. The highest BCUT2D eigenvalue weighted by molar-refractivity contribution is 7.98. The Morgan fingerprint density at radius 2 is 1.91 bits per heavy atom. The lowest BCUT2D eigenvalue weighted by Gasteiger charge is -2.05. The maximum absolute atomic E-state index is 12.4. The number of H-pyrrole nitrogens is 1. The fourth-order valence-corrected chi connectivity index (χ4v) is 2.99. The van der Waals surface area contributed by atoms with Crippen LogP contribution in [0.2, 0.25) is 5.02 Å². The Morgan fingerprint density at radius 1 is 1.18 bits per heavy atom. The molecular weight excluding hydrogens is 316 g/mol. The molecule has 0 aliphatic carbocycles. The summed E-state index contributed by atoms with van der Waals surface area (Å²) in [6.07, 6.45) is 2.01. The lowest BCUT2D eigenvalue weighted by Crippen LogP contribution is -2.12. The summed E-state index contributed by atoms with van der Waals surface area (Å²) in [7, 11) is 0. The average molecular weight is 331 g/mol. The van der Waals surface area contributed by atoms with E-state index in [1.165, 1.54) is 0 Å². The van der Waals surface area contributed by atoms with E-state index in [1.807, 2.05) is 55.6 Å². The van der Waals surface area contributed by atoms with E-state index < -0.39 is 0 Å². The molecular formula is C17H15ClN2OS. The Labute approximate surface area is 138 Å². The topological polar surface area (TPSA) is 44.9 Å². The summed E-state index contributed by atoms with van der Waals surface area (Å²) < 4.78 is 0. The molecule has 2 N–H and O–H groups in total. The third kappa shape index (κ3) is 2.85. The number of hydrogen-bond acceptors (Lipinski definition) is 2. The zero-order valence-corrected chi connectivity index (χ0v) is 13.8. The molecule has 0 fully saturated rings. The molecule has 0 unspecified atom stereocenters. The van der Waals surface area contributed by atoms with Gasteiger partial charge in [-0.05, 0) is 49.6 Å². The third-order valence-corrected chi connectivity index (χ3v) is 4.60. The molecule has 1 amide bonds. The minimum absolute atomic E-state index is 0.240. The van der Waals surface area contributed by atoms with Gasteiger partial charge in [0.05, 0.1) is 5.02 Å². The average Bonchev–Trinajstić information content (AvgIpc) is 2.85. The van der Waals surface area contributed by atoms with Crippen molar-refractivity contribution in [2.75, 3.05) is 11.6 Å². The fourth-order valence-electron chi connectivity index (χ4n) is 2.30. The van der Waals surface area contributed by atoms with Gasteiger partial charge in [0.15, 0.2) is 0 Å². The second-order valence-electron chi connectivity index (χ2n) is 5.05. The largest absolute Gasteiger partial charge is 0.349 e. The van der Waals surface area contributed by atoms with Crippen molar-refractivity contribution in [2.24, 2.45) is 0 Å². The predicted octanol–water partition coefficient (Wildman–Crippen LogP) is 5.10. The van der Waals surface area contributed by atoms with E-state index in [4.69, 9.17) is 11.6 Å². The highest BCUT2D eigenvalue weighted by Crippen LogP contribution is 2.29. The van der Waals surface area contributed by atoms with Gasteiger partial charge < -0.3 is 10.3 Å². The molecule has 0 radical (unpaired) electrons. The molecule has 22 heavy (non-hydrogen) atoms. The summed E-state index contributed by atoms with van der Waals surface area (Å²) in [6, 6.07) is 13.6. The number of aromatic amines is 1. The van der Waals surface area contributed by atoms with Crippen molar-refractivity contribution in [1.29, 1.82) is 0 Å². The minimum Gasteiger partial charge on any atom is -0.349 e. The van der Waals surface area contributed by atoms with Crippen LogP contribution in [-0.4, -0.2) is 17.1 Å². The first-order valence-electron chi connectivity index (χ1n) is 6.81. The number of hydrogen-bond donors (Lipinski definition) is 2. The molecule has 0 saturated carbocycles. The number of amides is 1. The van der Waals surface area contributed by atoms with Crippen LogP contribution in [0.4, 0.5) is 5.69 Å². The van der Waals surface area contributed by atoms with Gasteiger partial charge in [0.25, 0.3) is 5.91 Å². The molecule has 0 aliphatic rings. The number of rotatable bonds is 3. The standard InChI is InChI=1S/C17H15ClN2OS/c1-10-3-8-14-13(9-10)15(18)16(20-14)17(21)19-11-4-6-12(22-2)7-5-11/h3-9,20H,1-2H3,(H,19,21). The summed E-state index contributed by atoms with van der Waals surface area (Å²) in [5.41, 5.74) is 3.09. The molecule has 0 saturated heterocycles. The lowest BCUT2D eigenvalue weighted by molar-refractivity contribution is 0.102. The van der Waals surface area contributed by atoms with Gasteiger partial charge >= 0.3 is 0 Å². The second kappa shape index (κ2) is 6.07. The van der Waals surface area contributed by atoms with Gasteiger partial charge in [0, 0.05) is 21.5 Å². The first-order chi connectivity index (χ1) is 10.6. The SMILES string of the molecule is CSc1ccc(NC(=O)c2[nH]c3ccc(C)cc3c2Cl)cc1. The normalized spacial score (nSPS) is 10.9. The second-order valence-corrected chi connectivity index (χ2v) is 6.30. The van der Waals surface area contributed by atoms with Crippen molar-refractivity contribution in [3.8, 4) is 0 Å². The number of carbonyl (C=O) groups is 1. The van der Waals surface area contributed by atoms with Crippen LogP contribution in [0.15, 0.2) is 47.4 Å². The number of thioether (sulfide) groups is 1. The Hall–Kier alpha value is -1.91. The van der Waals surface area contributed by atoms with Crippen molar-refractivity contribution < 1.29 is 4.79 Å². The number of nitrogens with one attached hydrogen (secondary N) is 2. The number of anilines is 1. The number of aromatic nitrogens is 1. The van der Waals surface area contributed by atoms with Gasteiger partial charge in [-0.25, -0.2) is 0 Å². The zero-order chi connectivity index (χ0) is 15.7. The van der Waals surface area contributed by atoms with Gasteiger partial charge in [-0.2, -0.15) is 0 Å². The summed E-state index contributed by atoms with van der Waals surface area (Å²) in [5.74, 6) is -0.240. The van der Waals surface area contributed by atoms with Crippen molar-refractivity contribution in [3.63, 3.8) is 0 Å². The minimum atomic E-state index is -0.240. The van der Waals surface area contributed by atoms with Crippen LogP contribution < -0.4 is 5.32 Å². The summed E-state index contributed by atoms with van der Waals surface area (Å²) in [4.78, 5) is 16.6. The van der Waals surface area contributed by atoms with E-state index in [2.05, 4.69) is 10.3 Å². The molecule has 0 bridgehead atoms. The molecule has 0 atom stereocenters. The van der Waals surface area contributed by atoms with E-state index in [9.17, 15) is 4.79 Å². The Morgan fingerprint density at radius 3 is 2.59 bits per heavy atom. The van der Waals surface area contributed by atoms with Crippen molar-refractivity contribution >= 4 is 45.9 Å². The molecule has 3 nitrogen and oxygen atoms in total. The van der Waals surface area contributed by atoms with E-state index >= 15 is 0 Å². The summed E-state index contributed by atoms with van der Waals surface area (Å²) >= 11 is 8.00. The number of aryl methyl sites for hydroxylation is 1. The third-order valence-electron chi connectivity index (χ3n) is 3.47. The van der Waals surface area contributed by atoms with E-state index in [-0.39, 0.29) is 5.91 Å². The van der Waals surface area contributed by atoms with Gasteiger partial charge in [0.2, 0.25) is 0 Å². The van der Waals surface area contributed by atoms with Gasteiger partial charge in [0.1, 0.15) is 5.69 Å². The number of benzene rings is 2. The molecule has 112 valence electrons. The molecule has 3 aromatic rings. The summed E-state index contributed by atoms with van der Waals surface area (Å²) in [5, 5.41) is 4.18.